The fourth-order valence-corrected chi connectivity index (χ4v) is 3.16. The lowest BCUT2D eigenvalue weighted by atomic mass is 10.2. The van der Waals surface area contributed by atoms with Crippen LogP contribution in [0.15, 0.2) is 54.9 Å². The van der Waals surface area contributed by atoms with Crippen LogP contribution >= 0.6 is 11.3 Å². The Bertz CT molecular complexity index is 661. The predicted octanol–water partition coefficient (Wildman–Crippen LogP) is 6.16. The Hall–Kier alpha value is -2.00. The number of nitrogens with zero attached hydrogens (tertiary/aromatic N) is 2. The van der Waals surface area contributed by atoms with Gasteiger partial charge in [-0.15, -0.1) is 11.3 Å². The average molecular weight is 327 g/mol. The molecule has 23 heavy (non-hydrogen) atoms. The van der Waals surface area contributed by atoms with Gasteiger partial charge in [-0.3, -0.25) is 4.98 Å². The summed E-state index contributed by atoms with van der Waals surface area (Å²) in [6, 6.07) is 14.5. The molecule has 0 saturated heterocycles. The van der Waals surface area contributed by atoms with Gasteiger partial charge in [0, 0.05) is 18.8 Å². The van der Waals surface area contributed by atoms with E-state index in [1.165, 1.54) is 16.0 Å². The molecular weight excluding hydrogens is 300 g/mol. The molecule has 0 bridgehead atoms. The first-order chi connectivity index (χ1) is 11.3. The molecule has 0 fully saturated rings. The highest BCUT2D eigenvalue weighted by Crippen LogP contribution is 2.30. The Balaban J connectivity index is 0.000000615. The van der Waals surface area contributed by atoms with Gasteiger partial charge in [0.2, 0.25) is 0 Å². The summed E-state index contributed by atoms with van der Waals surface area (Å²) < 4.78 is 0. The van der Waals surface area contributed by atoms with Gasteiger partial charge in [0.25, 0.3) is 0 Å². The fourth-order valence-electron chi connectivity index (χ4n) is 2.06. The second kappa shape index (κ2) is 10.7. The maximum atomic E-state index is 4.68. The summed E-state index contributed by atoms with van der Waals surface area (Å²) >= 11 is 1.78. The third kappa shape index (κ3) is 5.61. The van der Waals surface area contributed by atoms with Gasteiger partial charge in [-0.05, 0) is 30.2 Å². The maximum absolute atomic E-state index is 4.68. The van der Waals surface area contributed by atoms with Crippen molar-refractivity contribution in [2.75, 3.05) is 0 Å². The van der Waals surface area contributed by atoms with Gasteiger partial charge in [0.15, 0.2) is 0 Å². The van der Waals surface area contributed by atoms with Crippen molar-refractivity contribution in [1.82, 2.24) is 9.97 Å². The van der Waals surface area contributed by atoms with E-state index in [1.54, 1.807) is 11.3 Å². The molecule has 0 saturated carbocycles. The number of pyridine rings is 1. The molecule has 0 radical (unpaired) electrons. The Morgan fingerprint density at radius 3 is 2.09 bits per heavy atom. The Labute approximate surface area is 144 Å². The Morgan fingerprint density at radius 1 is 0.870 bits per heavy atom. The highest BCUT2D eigenvalue weighted by Gasteiger charge is 2.09. The summed E-state index contributed by atoms with van der Waals surface area (Å²) in [7, 11) is 0. The van der Waals surface area contributed by atoms with Crippen molar-refractivity contribution < 1.29 is 0 Å². The summed E-state index contributed by atoms with van der Waals surface area (Å²) in [5, 5.41) is 1.16. The van der Waals surface area contributed by atoms with Gasteiger partial charge in [-0.2, -0.15) is 0 Å². The molecule has 0 atom stereocenters. The Morgan fingerprint density at radius 2 is 1.48 bits per heavy atom. The van der Waals surface area contributed by atoms with Gasteiger partial charge in [-0.1, -0.05) is 58.0 Å². The molecule has 0 aliphatic heterocycles. The van der Waals surface area contributed by atoms with Crippen LogP contribution in [0.25, 0.3) is 10.4 Å². The standard InChI is InChI=1S/C16H14N2S.2C2H6/c1-12-16(14-5-3-2-4-6-14)19-15(18-12)11-13-7-9-17-10-8-13;2*1-2/h2-10H,11H2,1H3;2*1-2H3. The van der Waals surface area contributed by atoms with E-state index in [4.69, 9.17) is 0 Å². The minimum atomic E-state index is 0.876. The van der Waals surface area contributed by atoms with E-state index >= 15 is 0 Å². The largest absolute Gasteiger partial charge is 0.265 e. The van der Waals surface area contributed by atoms with Crippen molar-refractivity contribution in [3.05, 3.63) is 71.1 Å². The molecule has 3 rings (SSSR count). The lowest BCUT2D eigenvalue weighted by molar-refractivity contribution is 1.09. The molecular formula is C20H26N2S. The van der Waals surface area contributed by atoms with Crippen LogP contribution < -0.4 is 0 Å². The quantitative estimate of drug-likeness (QED) is 0.576. The third-order valence-corrected chi connectivity index (χ3v) is 4.19. The van der Waals surface area contributed by atoms with Crippen LogP contribution in [-0.4, -0.2) is 9.97 Å². The second-order valence-corrected chi connectivity index (χ2v) is 5.50. The van der Waals surface area contributed by atoms with Gasteiger partial charge < -0.3 is 0 Å². The normalized spacial score (nSPS) is 9.26. The van der Waals surface area contributed by atoms with Crippen LogP contribution in [0, 0.1) is 6.92 Å². The molecule has 3 aromatic rings. The lowest BCUT2D eigenvalue weighted by Gasteiger charge is -1.97. The fraction of sp³-hybridized carbons (Fsp3) is 0.300. The number of hydrogen-bond donors (Lipinski definition) is 0. The van der Waals surface area contributed by atoms with Crippen LogP contribution in [0.2, 0.25) is 0 Å². The van der Waals surface area contributed by atoms with Gasteiger partial charge in [0.05, 0.1) is 15.6 Å². The second-order valence-electron chi connectivity index (χ2n) is 4.42. The molecule has 122 valence electrons. The van der Waals surface area contributed by atoms with Crippen molar-refractivity contribution >= 4 is 11.3 Å². The lowest BCUT2D eigenvalue weighted by Crippen LogP contribution is -1.87. The zero-order chi connectivity index (χ0) is 17.1. The van der Waals surface area contributed by atoms with E-state index in [-0.39, 0.29) is 0 Å². The van der Waals surface area contributed by atoms with E-state index in [1.807, 2.05) is 58.3 Å². The predicted molar refractivity (Wildman–Crippen MR) is 102 cm³/mol. The monoisotopic (exact) mass is 326 g/mol. The first kappa shape index (κ1) is 19.0. The van der Waals surface area contributed by atoms with E-state index in [2.05, 4.69) is 41.2 Å². The van der Waals surface area contributed by atoms with E-state index < -0.39 is 0 Å². The van der Waals surface area contributed by atoms with E-state index in [9.17, 15) is 0 Å². The van der Waals surface area contributed by atoms with Crippen LogP contribution in [0.3, 0.4) is 0 Å². The number of benzene rings is 1. The minimum absolute atomic E-state index is 0.876. The van der Waals surface area contributed by atoms with Gasteiger partial charge in [-0.25, -0.2) is 4.98 Å². The molecule has 0 spiro atoms. The molecule has 0 amide bonds. The van der Waals surface area contributed by atoms with Crippen LogP contribution in [-0.2, 0) is 6.42 Å². The highest BCUT2D eigenvalue weighted by atomic mass is 32.1. The molecule has 2 nitrogen and oxygen atoms in total. The van der Waals surface area contributed by atoms with Crippen LogP contribution in [0.1, 0.15) is 44.0 Å². The van der Waals surface area contributed by atoms with Crippen LogP contribution in [0.4, 0.5) is 0 Å². The van der Waals surface area contributed by atoms with E-state index in [0.717, 1.165) is 17.1 Å². The minimum Gasteiger partial charge on any atom is -0.265 e. The first-order valence-corrected chi connectivity index (χ1v) is 9.05. The van der Waals surface area contributed by atoms with Gasteiger partial charge in [0.1, 0.15) is 0 Å². The average Bonchev–Trinajstić information content (AvgIpc) is 3.00. The smallest absolute Gasteiger partial charge is 0.0978 e. The van der Waals surface area contributed by atoms with Crippen molar-refractivity contribution in [2.24, 2.45) is 0 Å². The Kier molecular flexibility index (Phi) is 8.85. The highest BCUT2D eigenvalue weighted by molar-refractivity contribution is 7.15. The van der Waals surface area contributed by atoms with Crippen molar-refractivity contribution in [2.45, 2.75) is 41.0 Å². The summed E-state index contributed by atoms with van der Waals surface area (Å²) in [5.41, 5.74) is 3.61. The van der Waals surface area contributed by atoms with E-state index in [0.29, 0.717) is 0 Å². The summed E-state index contributed by atoms with van der Waals surface area (Å²) in [6.45, 7) is 10.1. The number of rotatable bonds is 3. The number of hydrogen-bond acceptors (Lipinski definition) is 3. The van der Waals surface area contributed by atoms with Crippen LogP contribution in [0.5, 0.6) is 0 Å². The zero-order valence-corrected chi connectivity index (χ0v) is 15.5. The molecule has 0 N–H and O–H groups in total. The van der Waals surface area contributed by atoms with Crippen molar-refractivity contribution in [1.29, 1.82) is 0 Å². The number of aromatic nitrogens is 2. The zero-order valence-electron chi connectivity index (χ0n) is 14.7. The molecule has 1 aromatic carbocycles. The molecule has 3 heteroatoms. The first-order valence-electron chi connectivity index (χ1n) is 8.23. The maximum Gasteiger partial charge on any atom is 0.0978 e. The third-order valence-electron chi connectivity index (χ3n) is 2.98. The van der Waals surface area contributed by atoms with Gasteiger partial charge >= 0.3 is 0 Å². The summed E-state index contributed by atoms with van der Waals surface area (Å²) in [6.07, 6.45) is 4.53. The topological polar surface area (TPSA) is 25.8 Å². The summed E-state index contributed by atoms with van der Waals surface area (Å²) in [5.74, 6) is 0. The molecule has 2 aromatic heterocycles. The summed E-state index contributed by atoms with van der Waals surface area (Å²) in [4.78, 5) is 9.99. The molecule has 0 aliphatic carbocycles. The molecule has 0 aliphatic rings. The molecule has 2 heterocycles. The molecule has 0 unspecified atom stereocenters. The number of aryl methyl sites for hydroxylation is 1. The SMILES string of the molecule is CC.CC.Cc1nc(Cc2ccncc2)sc1-c1ccccc1. The van der Waals surface area contributed by atoms with Crippen molar-refractivity contribution in [3.8, 4) is 10.4 Å². The number of thiazole rings is 1. The van der Waals surface area contributed by atoms with Crippen molar-refractivity contribution in [3.63, 3.8) is 0 Å².